The summed E-state index contributed by atoms with van der Waals surface area (Å²) < 4.78 is 0. The number of rotatable bonds is 9. The van der Waals surface area contributed by atoms with Crippen molar-refractivity contribution in [3.05, 3.63) is 45.7 Å². The van der Waals surface area contributed by atoms with Crippen LogP contribution >= 0.6 is 11.6 Å². The van der Waals surface area contributed by atoms with Crippen molar-refractivity contribution in [2.24, 2.45) is 10.7 Å². The molecule has 31 heavy (non-hydrogen) atoms. The van der Waals surface area contributed by atoms with E-state index in [1.54, 1.807) is 0 Å². The molecule has 0 unspecified atom stereocenters. The van der Waals surface area contributed by atoms with E-state index in [0.717, 1.165) is 43.5 Å². The second kappa shape index (κ2) is 11.5. The first-order chi connectivity index (χ1) is 14.8. The van der Waals surface area contributed by atoms with Crippen molar-refractivity contribution < 1.29 is 4.79 Å². The van der Waals surface area contributed by atoms with Gasteiger partial charge in [0.1, 0.15) is 0 Å². The average Bonchev–Trinajstić information content (AvgIpc) is 2.72. The summed E-state index contributed by atoms with van der Waals surface area (Å²) in [5, 5.41) is 2.64. The highest BCUT2D eigenvalue weighted by atomic mass is 35.5. The number of unbranched alkanes of at least 4 members (excludes halogenated alkanes) is 1. The second-order valence-corrected chi connectivity index (χ2v) is 7.86. The summed E-state index contributed by atoms with van der Waals surface area (Å²) in [4.78, 5) is 27.4. The van der Waals surface area contributed by atoms with Gasteiger partial charge in [0.05, 0.1) is 6.54 Å². The Kier molecular flexibility index (Phi) is 9.05. The van der Waals surface area contributed by atoms with Crippen LogP contribution in [-0.4, -0.2) is 34.9 Å². The molecule has 0 radical (unpaired) electrons. The molecule has 8 nitrogen and oxygen atoms in total. The van der Waals surface area contributed by atoms with Gasteiger partial charge in [0, 0.05) is 13.1 Å². The number of carbonyl (C=O) groups excluding carboxylic acids is 1. The van der Waals surface area contributed by atoms with Crippen LogP contribution in [0.2, 0.25) is 5.15 Å². The number of carbonyl (C=O) groups is 1. The van der Waals surface area contributed by atoms with Crippen molar-refractivity contribution in [2.75, 3.05) is 23.7 Å². The molecule has 0 saturated heterocycles. The van der Waals surface area contributed by atoms with E-state index in [-0.39, 0.29) is 22.6 Å². The number of nitrogens with one attached hydrogen (secondary N) is 1. The number of nitrogens with zero attached hydrogens (tertiary/aromatic N) is 4. The van der Waals surface area contributed by atoms with Crippen LogP contribution in [0.15, 0.2) is 23.2 Å². The van der Waals surface area contributed by atoms with E-state index in [9.17, 15) is 4.79 Å². The lowest BCUT2D eigenvalue weighted by molar-refractivity contribution is 0.0972. The third kappa shape index (κ3) is 6.82. The summed E-state index contributed by atoms with van der Waals surface area (Å²) in [6, 6.07) is 6.07. The summed E-state index contributed by atoms with van der Waals surface area (Å²) in [7, 11) is 0. The predicted molar refractivity (Wildman–Crippen MR) is 128 cm³/mol. The lowest BCUT2D eigenvalue weighted by atomic mass is 10.1. The standard InChI is InChI=1S/C22H32ClN7O/c1-5-7-11-30(10-6-2)20-18(23)27-17(19(24)28-20)21(31)29-22(25)26-13-16-9-8-14(3)12-15(16)4/h8-9,12H,5-7,10-11,13H2,1-4H3,(H2,24,28)(H3,25,26,29,31). The normalized spacial score (nSPS) is 11.5. The SMILES string of the molecule is CCCCN(CCC)c1nc(N)c(C(=O)NC(N)=NCc2ccc(C)cc2C)nc1Cl. The van der Waals surface area contributed by atoms with Crippen molar-refractivity contribution in [1.82, 2.24) is 15.3 Å². The summed E-state index contributed by atoms with van der Waals surface area (Å²) >= 11 is 6.35. The highest BCUT2D eigenvalue weighted by molar-refractivity contribution is 6.32. The zero-order valence-corrected chi connectivity index (χ0v) is 19.5. The zero-order valence-electron chi connectivity index (χ0n) is 18.7. The maximum Gasteiger partial charge on any atom is 0.280 e. The Bertz CT molecular complexity index is 946. The third-order valence-electron chi connectivity index (χ3n) is 4.81. The topological polar surface area (TPSA) is 123 Å². The zero-order chi connectivity index (χ0) is 23.0. The molecule has 1 aromatic carbocycles. The molecular weight excluding hydrogens is 414 g/mol. The van der Waals surface area contributed by atoms with Gasteiger partial charge < -0.3 is 16.4 Å². The minimum Gasteiger partial charge on any atom is -0.382 e. The predicted octanol–water partition coefficient (Wildman–Crippen LogP) is 3.59. The van der Waals surface area contributed by atoms with Crippen LogP contribution in [0.25, 0.3) is 0 Å². The van der Waals surface area contributed by atoms with Crippen LogP contribution in [0.4, 0.5) is 11.6 Å². The number of hydrogen-bond acceptors (Lipinski definition) is 6. The van der Waals surface area contributed by atoms with Gasteiger partial charge in [0.2, 0.25) is 0 Å². The molecule has 0 aliphatic rings. The number of aryl methyl sites for hydroxylation is 2. The smallest absolute Gasteiger partial charge is 0.280 e. The third-order valence-corrected chi connectivity index (χ3v) is 5.07. The van der Waals surface area contributed by atoms with E-state index in [2.05, 4.69) is 40.2 Å². The van der Waals surface area contributed by atoms with Crippen LogP contribution in [0.3, 0.4) is 0 Å². The molecule has 0 saturated carbocycles. The van der Waals surface area contributed by atoms with Crippen molar-refractivity contribution in [2.45, 2.75) is 53.5 Å². The largest absolute Gasteiger partial charge is 0.382 e. The Hall–Kier alpha value is -2.87. The Morgan fingerprint density at radius 2 is 1.94 bits per heavy atom. The number of halogens is 1. The fourth-order valence-corrected chi connectivity index (χ4v) is 3.38. The highest BCUT2D eigenvalue weighted by Crippen LogP contribution is 2.25. The minimum atomic E-state index is -0.601. The summed E-state index contributed by atoms with van der Waals surface area (Å²) in [6.45, 7) is 10.1. The number of nitrogens with two attached hydrogens (primary N) is 2. The van der Waals surface area contributed by atoms with E-state index >= 15 is 0 Å². The lowest BCUT2D eigenvalue weighted by Gasteiger charge is -2.24. The fraction of sp³-hybridized carbons (Fsp3) is 0.455. The quantitative estimate of drug-likeness (QED) is 0.400. The number of hydrogen-bond donors (Lipinski definition) is 3. The van der Waals surface area contributed by atoms with Crippen LogP contribution in [0, 0.1) is 13.8 Å². The van der Waals surface area contributed by atoms with E-state index in [4.69, 9.17) is 23.1 Å². The Balaban J connectivity index is 2.14. The van der Waals surface area contributed by atoms with Crippen molar-refractivity contribution in [1.29, 1.82) is 0 Å². The van der Waals surface area contributed by atoms with Gasteiger partial charge in [0.25, 0.3) is 5.91 Å². The minimum absolute atomic E-state index is 0.00307. The Morgan fingerprint density at radius 3 is 2.58 bits per heavy atom. The highest BCUT2D eigenvalue weighted by Gasteiger charge is 2.20. The van der Waals surface area contributed by atoms with Gasteiger partial charge in [-0.05, 0) is 37.8 Å². The van der Waals surface area contributed by atoms with Crippen molar-refractivity contribution in [3.63, 3.8) is 0 Å². The first kappa shape index (κ1) is 24.4. The molecule has 0 bridgehead atoms. The van der Waals surface area contributed by atoms with Crippen LogP contribution < -0.4 is 21.7 Å². The maximum absolute atomic E-state index is 12.6. The summed E-state index contributed by atoms with van der Waals surface area (Å²) in [5.41, 5.74) is 15.1. The van der Waals surface area contributed by atoms with Gasteiger partial charge in [0.15, 0.2) is 28.4 Å². The summed E-state index contributed by atoms with van der Waals surface area (Å²) in [5.74, 6) is -0.142. The molecule has 0 spiro atoms. The average molecular weight is 446 g/mol. The number of amides is 1. The number of aromatic nitrogens is 2. The number of aliphatic imine (C=N–C) groups is 1. The number of guanidine groups is 1. The van der Waals surface area contributed by atoms with Gasteiger partial charge in [-0.1, -0.05) is 55.6 Å². The van der Waals surface area contributed by atoms with Crippen LogP contribution in [0.1, 0.15) is 60.3 Å². The van der Waals surface area contributed by atoms with Gasteiger partial charge in [-0.25, -0.2) is 15.0 Å². The van der Waals surface area contributed by atoms with E-state index in [1.165, 1.54) is 5.56 Å². The molecule has 1 heterocycles. The van der Waals surface area contributed by atoms with E-state index in [0.29, 0.717) is 12.4 Å². The number of benzene rings is 1. The molecule has 1 aromatic heterocycles. The van der Waals surface area contributed by atoms with Crippen molar-refractivity contribution in [3.8, 4) is 0 Å². The summed E-state index contributed by atoms with van der Waals surface area (Å²) in [6.07, 6.45) is 2.97. The fourth-order valence-electron chi connectivity index (χ4n) is 3.14. The number of nitrogen functional groups attached to an aromatic ring is 1. The van der Waals surface area contributed by atoms with Gasteiger partial charge in [-0.3, -0.25) is 10.1 Å². The number of anilines is 2. The van der Waals surface area contributed by atoms with Crippen LogP contribution in [0.5, 0.6) is 0 Å². The maximum atomic E-state index is 12.6. The lowest BCUT2D eigenvalue weighted by Crippen LogP contribution is -2.38. The monoisotopic (exact) mass is 445 g/mol. The molecule has 0 fully saturated rings. The van der Waals surface area contributed by atoms with Crippen molar-refractivity contribution >= 4 is 35.1 Å². The second-order valence-electron chi connectivity index (χ2n) is 7.50. The Labute approximate surface area is 189 Å². The van der Waals surface area contributed by atoms with Crippen LogP contribution in [-0.2, 0) is 6.54 Å². The van der Waals surface area contributed by atoms with Gasteiger partial charge >= 0.3 is 0 Å². The Morgan fingerprint density at radius 1 is 1.19 bits per heavy atom. The first-order valence-corrected chi connectivity index (χ1v) is 10.9. The molecule has 0 aliphatic heterocycles. The molecule has 5 N–H and O–H groups in total. The molecule has 168 valence electrons. The van der Waals surface area contributed by atoms with E-state index in [1.807, 2.05) is 30.9 Å². The molecule has 0 aliphatic carbocycles. The molecule has 1 amide bonds. The molecule has 0 atom stereocenters. The molecule has 2 aromatic rings. The molecular formula is C22H32ClN7O. The molecule has 2 rings (SSSR count). The molecule has 9 heteroatoms. The first-order valence-electron chi connectivity index (χ1n) is 10.5. The van der Waals surface area contributed by atoms with E-state index < -0.39 is 5.91 Å². The van der Waals surface area contributed by atoms with Gasteiger partial charge in [-0.2, -0.15) is 0 Å². The van der Waals surface area contributed by atoms with Gasteiger partial charge in [-0.15, -0.1) is 0 Å².